The van der Waals surface area contributed by atoms with E-state index < -0.39 is 0 Å². The Kier molecular flexibility index (Phi) is 4.29. The number of fused-ring (bicyclic) bond motifs is 2. The van der Waals surface area contributed by atoms with Crippen molar-refractivity contribution in [2.45, 2.75) is 18.9 Å². The van der Waals surface area contributed by atoms with E-state index in [-0.39, 0.29) is 5.91 Å². The molecule has 2 saturated heterocycles. The number of rotatable bonds is 4. The highest BCUT2D eigenvalue weighted by molar-refractivity contribution is 7.17. The first kappa shape index (κ1) is 15.7. The summed E-state index contributed by atoms with van der Waals surface area (Å²) in [7, 11) is 1.66. The fourth-order valence-electron chi connectivity index (χ4n) is 3.79. The number of hydrogen-bond acceptors (Lipinski definition) is 4. The van der Waals surface area contributed by atoms with E-state index in [1.54, 1.807) is 18.4 Å². The van der Waals surface area contributed by atoms with Crippen LogP contribution in [0.1, 0.15) is 22.5 Å². The maximum absolute atomic E-state index is 12.6. The van der Waals surface area contributed by atoms with Gasteiger partial charge in [-0.05, 0) is 67.3 Å². The van der Waals surface area contributed by atoms with E-state index in [0.29, 0.717) is 6.04 Å². The summed E-state index contributed by atoms with van der Waals surface area (Å²) in [5, 5.41) is 3.23. The van der Waals surface area contributed by atoms with E-state index in [0.717, 1.165) is 40.0 Å². The van der Waals surface area contributed by atoms with Gasteiger partial charge >= 0.3 is 0 Å². The molecule has 24 heavy (non-hydrogen) atoms. The maximum Gasteiger partial charge on any atom is 0.261 e. The lowest BCUT2D eigenvalue weighted by Gasteiger charge is -2.30. The Morgan fingerprint density at radius 1 is 1.21 bits per heavy atom. The molecular formula is C19H22N2O2S. The highest BCUT2D eigenvalue weighted by Crippen LogP contribution is 2.30. The maximum atomic E-state index is 12.6. The zero-order valence-corrected chi connectivity index (χ0v) is 14.6. The van der Waals surface area contributed by atoms with Crippen LogP contribution in [0, 0.1) is 5.92 Å². The van der Waals surface area contributed by atoms with Gasteiger partial charge in [0.25, 0.3) is 5.91 Å². The molecule has 2 aliphatic rings. The molecule has 1 aromatic carbocycles. The van der Waals surface area contributed by atoms with E-state index >= 15 is 0 Å². The monoisotopic (exact) mass is 342 g/mol. The van der Waals surface area contributed by atoms with Crippen LogP contribution in [0.15, 0.2) is 36.4 Å². The molecule has 1 unspecified atom stereocenters. The van der Waals surface area contributed by atoms with Crippen LogP contribution in [-0.4, -0.2) is 43.6 Å². The Bertz CT molecular complexity index is 713. The number of carbonyl (C=O) groups is 1. The third kappa shape index (κ3) is 3.19. The van der Waals surface area contributed by atoms with Gasteiger partial charge in [-0.1, -0.05) is 0 Å². The van der Waals surface area contributed by atoms with Crippen molar-refractivity contribution in [2.24, 2.45) is 5.92 Å². The van der Waals surface area contributed by atoms with Gasteiger partial charge in [0, 0.05) is 24.0 Å². The highest BCUT2D eigenvalue weighted by Gasteiger charge is 2.33. The minimum atomic E-state index is 0.0623. The number of carbonyl (C=O) groups excluding carboxylic acids is 1. The molecule has 126 valence electrons. The first-order valence-corrected chi connectivity index (χ1v) is 9.30. The summed E-state index contributed by atoms with van der Waals surface area (Å²) in [4.78, 5) is 16.9. The number of piperidine rings is 1. The molecule has 3 atom stereocenters. The standard InChI is InChI=1S/C19H22N2O2S/c1-23-16-4-2-14(3-5-16)17-6-7-18(24-17)19(22)20-15-10-13-8-9-21(11-13)12-15/h2-7,13,15H,8-12H2,1H3,(H,20,22)/t13-,15-/m1/s1. The molecule has 2 bridgehead atoms. The first-order chi connectivity index (χ1) is 11.7. The Hall–Kier alpha value is -1.85. The van der Waals surface area contributed by atoms with E-state index in [1.165, 1.54) is 19.5 Å². The summed E-state index contributed by atoms with van der Waals surface area (Å²) in [5.74, 6) is 1.67. The van der Waals surface area contributed by atoms with Crippen LogP contribution in [0.5, 0.6) is 5.75 Å². The van der Waals surface area contributed by atoms with Crippen LogP contribution in [0.25, 0.3) is 10.4 Å². The normalized spacial score (nSPS) is 25.5. The van der Waals surface area contributed by atoms with E-state index in [4.69, 9.17) is 4.74 Å². The number of ether oxygens (including phenoxy) is 1. The van der Waals surface area contributed by atoms with Crippen molar-refractivity contribution >= 4 is 17.2 Å². The van der Waals surface area contributed by atoms with E-state index in [9.17, 15) is 4.79 Å². The summed E-state index contributed by atoms with van der Waals surface area (Å²) in [6.45, 7) is 3.41. The van der Waals surface area contributed by atoms with Gasteiger partial charge in [0.1, 0.15) is 5.75 Å². The second-order valence-electron chi connectivity index (χ2n) is 6.71. The zero-order valence-electron chi connectivity index (χ0n) is 13.8. The molecule has 0 radical (unpaired) electrons. The van der Waals surface area contributed by atoms with Crippen LogP contribution < -0.4 is 10.1 Å². The van der Waals surface area contributed by atoms with Gasteiger partial charge < -0.3 is 15.0 Å². The van der Waals surface area contributed by atoms with Crippen molar-refractivity contribution in [2.75, 3.05) is 26.7 Å². The minimum absolute atomic E-state index is 0.0623. The number of amides is 1. The van der Waals surface area contributed by atoms with Gasteiger partial charge in [0.05, 0.1) is 12.0 Å². The van der Waals surface area contributed by atoms with Crippen LogP contribution in [0.3, 0.4) is 0 Å². The average Bonchev–Trinajstić information content (AvgIpc) is 3.22. The second kappa shape index (κ2) is 6.57. The van der Waals surface area contributed by atoms with Gasteiger partial charge in [-0.2, -0.15) is 0 Å². The molecule has 4 rings (SSSR count). The van der Waals surface area contributed by atoms with Crippen LogP contribution >= 0.6 is 11.3 Å². The van der Waals surface area contributed by atoms with E-state index in [2.05, 4.69) is 10.2 Å². The predicted octanol–water partition coefficient (Wildman–Crippen LogP) is 3.25. The molecule has 0 aliphatic carbocycles. The van der Waals surface area contributed by atoms with Gasteiger partial charge in [-0.3, -0.25) is 4.79 Å². The molecular weight excluding hydrogens is 320 g/mol. The molecule has 2 aliphatic heterocycles. The lowest BCUT2D eigenvalue weighted by molar-refractivity contribution is 0.0913. The van der Waals surface area contributed by atoms with Gasteiger partial charge in [-0.15, -0.1) is 11.3 Å². The van der Waals surface area contributed by atoms with Crippen molar-refractivity contribution in [1.82, 2.24) is 10.2 Å². The second-order valence-corrected chi connectivity index (χ2v) is 7.80. The van der Waals surface area contributed by atoms with Gasteiger partial charge in [-0.25, -0.2) is 0 Å². The fourth-order valence-corrected chi connectivity index (χ4v) is 4.71. The van der Waals surface area contributed by atoms with Crippen molar-refractivity contribution in [3.63, 3.8) is 0 Å². The quantitative estimate of drug-likeness (QED) is 0.927. The summed E-state index contributed by atoms with van der Waals surface area (Å²) < 4.78 is 5.19. The smallest absolute Gasteiger partial charge is 0.261 e. The fraction of sp³-hybridized carbons (Fsp3) is 0.421. The Balaban J connectivity index is 1.42. The Labute approximate surface area is 146 Å². The molecule has 0 spiro atoms. The number of hydrogen-bond donors (Lipinski definition) is 1. The summed E-state index contributed by atoms with van der Waals surface area (Å²) in [6, 6.07) is 12.2. The number of benzene rings is 1. The molecule has 1 N–H and O–H groups in total. The van der Waals surface area contributed by atoms with Crippen molar-refractivity contribution in [3.05, 3.63) is 41.3 Å². The number of nitrogens with one attached hydrogen (secondary N) is 1. The minimum Gasteiger partial charge on any atom is -0.497 e. The van der Waals surface area contributed by atoms with Crippen LogP contribution in [0.4, 0.5) is 0 Å². The van der Waals surface area contributed by atoms with Gasteiger partial charge in [0.2, 0.25) is 0 Å². The van der Waals surface area contributed by atoms with Crippen molar-refractivity contribution in [3.8, 4) is 16.2 Å². The Morgan fingerprint density at radius 2 is 2.04 bits per heavy atom. The SMILES string of the molecule is COc1ccc(-c2ccc(C(=O)N[C@@H]3C[C@H]4CCN(C4)C3)s2)cc1. The molecule has 1 amide bonds. The average molecular weight is 342 g/mol. The molecule has 2 fully saturated rings. The molecule has 4 nitrogen and oxygen atoms in total. The zero-order chi connectivity index (χ0) is 16.5. The predicted molar refractivity (Wildman–Crippen MR) is 96.7 cm³/mol. The third-order valence-electron chi connectivity index (χ3n) is 5.01. The first-order valence-electron chi connectivity index (χ1n) is 8.49. The molecule has 2 aromatic rings. The lowest BCUT2D eigenvalue weighted by Crippen LogP contribution is -2.46. The molecule has 1 aromatic heterocycles. The molecule has 0 saturated carbocycles. The number of thiophene rings is 1. The van der Waals surface area contributed by atoms with Crippen LogP contribution in [-0.2, 0) is 0 Å². The summed E-state index contributed by atoms with van der Waals surface area (Å²) in [6.07, 6.45) is 2.41. The van der Waals surface area contributed by atoms with Gasteiger partial charge in [0.15, 0.2) is 0 Å². The van der Waals surface area contributed by atoms with Crippen LogP contribution in [0.2, 0.25) is 0 Å². The topological polar surface area (TPSA) is 41.6 Å². The van der Waals surface area contributed by atoms with E-state index in [1.807, 2.05) is 36.4 Å². The van der Waals surface area contributed by atoms with Crippen molar-refractivity contribution < 1.29 is 9.53 Å². The summed E-state index contributed by atoms with van der Waals surface area (Å²) in [5.41, 5.74) is 1.11. The number of methoxy groups -OCH3 is 1. The highest BCUT2D eigenvalue weighted by atomic mass is 32.1. The Morgan fingerprint density at radius 3 is 2.79 bits per heavy atom. The molecule has 3 heterocycles. The number of nitrogens with zero attached hydrogens (tertiary/aromatic N) is 1. The third-order valence-corrected chi connectivity index (χ3v) is 6.14. The van der Waals surface area contributed by atoms with Crippen molar-refractivity contribution in [1.29, 1.82) is 0 Å². The lowest BCUT2D eigenvalue weighted by atomic mass is 9.97. The largest absolute Gasteiger partial charge is 0.497 e. The molecule has 5 heteroatoms. The summed E-state index contributed by atoms with van der Waals surface area (Å²) >= 11 is 1.55.